The van der Waals surface area contributed by atoms with E-state index in [2.05, 4.69) is 20.6 Å². The third kappa shape index (κ3) is 4.39. The molecule has 2 aliphatic heterocycles. The Morgan fingerprint density at radius 3 is 2.76 bits per heavy atom. The van der Waals surface area contributed by atoms with E-state index in [1.807, 2.05) is 18.2 Å². The normalized spacial score (nSPS) is 16.1. The fourth-order valence-electron chi connectivity index (χ4n) is 4.00. The van der Waals surface area contributed by atoms with Crippen LogP contribution >= 0.6 is 11.3 Å². The number of benzene rings is 1. The van der Waals surface area contributed by atoms with E-state index >= 15 is 0 Å². The SMILES string of the molecule is COc1ncc(C2=CCOCC2)c2sc(NC(=O)Nc3ccc(N4CCCC4=O)cc3)nc12. The fourth-order valence-corrected chi connectivity index (χ4v) is 5.00. The first kappa shape index (κ1) is 21.4. The van der Waals surface area contributed by atoms with Gasteiger partial charge in [0, 0.05) is 36.1 Å². The van der Waals surface area contributed by atoms with E-state index < -0.39 is 6.03 Å². The van der Waals surface area contributed by atoms with Crippen LogP contribution in [0, 0.1) is 0 Å². The van der Waals surface area contributed by atoms with Crippen molar-refractivity contribution in [1.82, 2.24) is 9.97 Å². The number of carbonyl (C=O) groups is 2. The lowest BCUT2D eigenvalue weighted by Crippen LogP contribution is -2.23. The number of hydrogen-bond acceptors (Lipinski definition) is 7. The molecule has 2 aromatic heterocycles. The molecule has 5 rings (SSSR count). The van der Waals surface area contributed by atoms with Gasteiger partial charge in [0.15, 0.2) is 5.13 Å². The lowest BCUT2D eigenvalue weighted by Gasteiger charge is -2.16. The van der Waals surface area contributed by atoms with Crippen LogP contribution in [0.15, 0.2) is 36.5 Å². The number of thiazole rings is 1. The Morgan fingerprint density at radius 1 is 1.21 bits per heavy atom. The molecular formula is C23H23N5O4S. The first-order valence-electron chi connectivity index (χ1n) is 10.7. The molecule has 4 heterocycles. The Labute approximate surface area is 194 Å². The van der Waals surface area contributed by atoms with E-state index in [0.717, 1.165) is 40.9 Å². The number of amides is 3. The smallest absolute Gasteiger partial charge is 0.325 e. The zero-order valence-corrected chi connectivity index (χ0v) is 18.9. The van der Waals surface area contributed by atoms with Gasteiger partial charge in [-0.2, -0.15) is 0 Å². The lowest BCUT2D eigenvalue weighted by atomic mass is 10.0. The third-order valence-electron chi connectivity index (χ3n) is 5.62. The number of pyridine rings is 1. The molecule has 0 unspecified atom stereocenters. The summed E-state index contributed by atoms with van der Waals surface area (Å²) >= 11 is 1.38. The van der Waals surface area contributed by atoms with Crippen molar-refractivity contribution in [3.8, 4) is 5.88 Å². The van der Waals surface area contributed by atoms with Crippen molar-refractivity contribution < 1.29 is 19.1 Å². The molecule has 2 aliphatic rings. The minimum absolute atomic E-state index is 0.130. The predicted molar refractivity (Wildman–Crippen MR) is 128 cm³/mol. The molecule has 0 saturated carbocycles. The van der Waals surface area contributed by atoms with Gasteiger partial charge in [-0.3, -0.25) is 10.1 Å². The van der Waals surface area contributed by atoms with Crippen LogP contribution in [0.2, 0.25) is 0 Å². The zero-order chi connectivity index (χ0) is 22.8. The predicted octanol–water partition coefficient (Wildman–Crippen LogP) is 4.27. The second kappa shape index (κ2) is 9.16. The Bertz CT molecular complexity index is 1240. The second-order valence-corrected chi connectivity index (χ2v) is 8.71. The van der Waals surface area contributed by atoms with E-state index in [1.165, 1.54) is 11.3 Å². The lowest BCUT2D eigenvalue weighted by molar-refractivity contribution is -0.117. The van der Waals surface area contributed by atoms with Gasteiger partial charge in [0.25, 0.3) is 0 Å². The van der Waals surface area contributed by atoms with Crippen LogP contribution in [0.25, 0.3) is 15.8 Å². The molecule has 0 bridgehead atoms. The van der Waals surface area contributed by atoms with E-state index in [-0.39, 0.29) is 5.91 Å². The summed E-state index contributed by atoms with van der Waals surface area (Å²) in [5, 5.41) is 6.06. The second-order valence-electron chi connectivity index (χ2n) is 7.71. The summed E-state index contributed by atoms with van der Waals surface area (Å²) in [4.78, 5) is 35.2. The van der Waals surface area contributed by atoms with Gasteiger partial charge < -0.3 is 19.7 Å². The number of fused-ring (bicyclic) bond motifs is 1. The quantitative estimate of drug-likeness (QED) is 0.583. The molecule has 0 spiro atoms. The number of hydrogen-bond donors (Lipinski definition) is 2. The van der Waals surface area contributed by atoms with E-state index in [4.69, 9.17) is 9.47 Å². The molecule has 1 aromatic carbocycles. The first-order chi connectivity index (χ1) is 16.1. The molecular weight excluding hydrogens is 442 g/mol. The van der Waals surface area contributed by atoms with Gasteiger partial charge >= 0.3 is 6.03 Å². The maximum Gasteiger partial charge on any atom is 0.325 e. The number of anilines is 3. The molecule has 1 fully saturated rings. The van der Waals surface area contributed by atoms with Gasteiger partial charge in [-0.25, -0.2) is 14.8 Å². The highest BCUT2D eigenvalue weighted by atomic mass is 32.1. The van der Waals surface area contributed by atoms with Gasteiger partial charge in [0.1, 0.15) is 5.52 Å². The van der Waals surface area contributed by atoms with Gasteiger partial charge in [-0.05, 0) is 42.7 Å². The summed E-state index contributed by atoms with van der Waals surface area (Å²) in [5.41, 5.74) is 4.20. The number of urea groups is 1. The molecule has 9 nitrogen and oxygen atoms in total. The Balaban J connectivity index is 1.33. The molecule has 33 heavy (non-hydrogen) atoms. The summed E-state index contributed by atoms with van der Waals surface area (Å²) in [6, 6.07) is 6.82. The maximum absolute atomic E-state index is 12.6. The Hall–Kier alpha value is -3.50. The molecule has 3 aromatic rings. The van der Waals surface area contributed by atoms with E-state index in [0.29, 0.717) is 41.9 Å². The number of carbonyl (C=O) groups excluding carboxylic acids is 2. The number of rotatable bonds is 5. The largest absolute Gasteiger partial charge is 0.479 e. The monoisotopic (exact) mass is 465 g/mol. The molecule has 2 N–H and O–H groups in total. The number of ether oxygens (including phenoxy) is 2. The maximum atomic E-state index is 12.6. The topological polar surface area (TPSA) is 106 Å². The average molecular weight is 466 g/mol. The zero-order valence-electron chi connectivity index (χ0n) is 18.1. The van der Waals surface area contributed by atoms with E-state index in [9.17, 15) is 9.59 Å². The molecule has 3 amide bonds. The minimum atomic E-state index is -0.405. The number of methoxy groups -OCH3 is 1. The van der Waals surface area contributed by atoms with E-state index in [1.54, 1.807) is 30.3 Å². The van der Waals surface area contributed by atoms with Crippen molar-refractivity contribution in [1.29, 1.82) is 0 Å². The van der Waals surface area contributed by atoms with Gasteiger partial charge in [-0.15, -0.1) is 0 Å². The molecule has 0 radical (unpaired) electrons. The average Bonchev–Trinajstić information content (AvgIpc) is 3.45. The number of aromatic nitrogens is 2. The summed E-state index contributed by atoms with van der Waals surface area (Å²) < 4.78 is 11.7. The summed E-state index contributed by atoms with van der Waals surface area (Å²) in [5.74, 6) is 0.545. The fraction of sp³-hybridized carbons (Fsp3) is 0.304. The number of nitrogens with zero attached hydrogens (tertiary/aromatic N) is 3. The standard InChI is InChI=1S/C23H23N5O4S/c1-31-21-19-20(17(13-24-21)14-8-11-32-12-9-14)33-23(26-19)27-22(30)25-15-4-6-16(7-5-15)28-10-2-3-18(28)29/h4-8,13H,2-3,9-12H2,1H3,(H2,25,26,27,30). The number of nitrogens with one attached hydrogen (secondary N) is 2. The van der Waals surface area contributed by atoms with Crippen LogP contribution in [-0.2, 0) is 9.53 Å². The molecule has 0 aliphatic carbocycles. The van der Waals surface area contributed by atoms with Crippen LogP contribution in [0.3, 0.4) is 0 Å². The van der Waals surface area contributed by atoms with Gasteiger partial charge in [-0.1, -0.05) is 17.4 Å². The molecule has 1 saturated heterocycles. The van der Waals surface area contributed by atoms with Gasteiger partial charge in [0.2, 0.25) is 11.8 Å². The third-order valence-corrected chi connectivity index (χ3v) is 6.62. The molecule has 10 heteroatoms. The Morgan fingerprint density at radius 2 is 2.06 bits per heavy atom. The van der Waals surface area contributed by atoms with Crippen LogP contribution in [-0.4, -0.2) is 48.8 Å². The van der Waals surface area contributed by atoms with Crippen LogP contribution < -0.4 is 20.3 Å². The summed E-state index contributed by atoms with van der Waals surface area (Å²) in [7, 11) is 1.55. The highest BCUT2D eigenvalue weighted by molar-refractivity contribution is 7.22. The van der Waals surface area contributed by atoms with Crippen molar-refractivity contribution >= 4 is 55.6 Å². The minimum Gasteiger partial charge on any atom is -0.479 e. The van der Waals surface area contributed by atoms with Crippen molar-refractivity contribution in [2.45, 2.75) is 19.3 Å². The van der Waals surface area contributed by atoms with Crippen LogP contribution in [0.1, 0.15) is 24.8 Å². The highest BCUT2D eigenvalue weighted by Crippen LogP contribution is 2.37. The van der Waals surface area contributed by atoms with Crippen molar-refractivity contribution in [3.63, 3.8) is 0 Å². The van der Waals surface area contributed by atoms with Crippen molar-refractivity contribution in [3.05, 3.63) is 42.1 Å². The molecule has 170 valence electrons. The Kier molecular flexibility index (Phi) is 5.93. The van der Waals surface area contributed by atoms with Crippen LogP contribution in [0.5, 0.6) is 5.88 Å². The molecule has 0 atom stereocenters. The van der Waals surface area contributed by atoms with Crippen molar-refractivity contribution in [2.75, 3.05) is 42.4 Å². The van der Waals surface area contributed by atoms with Crippen LogP contribution in [0.4, 0.5) is 21.3 Å². The summed E-state index contributed by atoms with van der Waals surface area (Å²) in [6.07, 6.45) is 6.08. The van der Waals surface area contributed by atoms with Gasteiger partial charge in [0.05, 0.1) is 25.0 Å². The highest BCUT2D eigenvalue weighted by Gasteiger charge is 2.22. The summed E-state index contributed by atoms with van der Waals surface area (Å²) in [6.45, 7) is 1.96. The van der Waals surface area contributed by atoms with Crippen molar-refractivity contribution in [2.24, 2.45) is 0 Å². The first-order valence-corrected chi connectivity index (χ1v) is 11.5.